The van der Waals surface area contributed by atoms with Gasteiger partial charge in [0.2, 0.25) is 5.95 Å². The maximum absolute atomic E-state index is 12.6. The molecule has 10 heteroatoms. The van der Waals surface area contributed by atoms with Crippen molar-refractivity contribution in [2.45, 2.75) is 13.5 Å². The quantitative estimate of drug-likeness (QED) is 0.327. The lowest BCUT2D eigenvalue weighted by Gasteiger charge is -2.09. The summed E-state index contributed by atoms with van der Waals surface area (Å²) < 4.78 is 2.93. The molecule has 0 unspecified atom stereocenters. The van der Waals surface area contributed by atoms with Crippen molar-refractivity contribution >= 4 is 34.4 Å². The molecule has 31 heavy (non-hydrogen) atoms. The lowest BCUT2D eigenvalue weighted by atomic mass is 10.1. The van der Waals surface area contributed by atoms with Gasteiger partial charge in [0.05, 0.1) is 12.3 Å². The third-order valence-electron chi connectivity index (χ3n) is 4.87. The molecule has 2 heterocycles. The molecule has 0 fully saturated rings. The number of fused-ring (bicyclic) bond motifs is 1. The number of rotatable bonds is 5. The molecule has 0 bridgehead atoms. The Balaban J connectivity index is 1.80. The van der Waals surface area contributed by atoms with E-state index in [0.29, 0.717) is 23.2 Å². The van der Waals surface area contributed by atoms with Gasteiger partial charge in [-0.3, -0.25) is 18.9 Å². The first kappa shape index (κ1) is 20.4. The Kier molecular flexibility index (Phi) is 5.35. The second-order valence-electron chi connectivity index (χ2n) is 6.99. The summed E-state index contributed by atoms with van der Waals surface area (Å²) in [6.07, 6.45) is 0. The van der Waals surface area contributed by atoms with Crippen LogP contribution >= 0.6 is 11.6 Å². The van der Waals surface area contributed by atoms with Gasteiger partial charge in [0.1, 0.15) is 5.75 Å². The highest BCUT2D eigenvalue weighted by molar-refractivity contribution is 6.30. The van der Waals surface area contributed by atoms with E-state index in [4.69, 9.17) is 11.6 Å². The Hall–Kier alpha value is -3.85. The number of anilines is 1. The molecule has 4 aromatic rings. The third kappa shape index (κ3) is 4.08. The van der Waals surface area contributed by atoms with E-state index < -0.39 is 11.2 Å². The fourth-order valence-corrected chi connectivity index (χ4v) is 3.27. The number of benzene rings is 2. The summed E-state index contributed by atoms with van der Waals surface area (Å²) in [5, 5.41) is 14.4. The highest BCUT2D eigenvalue weighted by Crippen LogP contribution is 2.19. The Bertz CT molecular complexity index is 1400. The van der Waals surface area contributed by atoms with E-state index in [0.717, 1.165) is 11.1 Å². The molecule has 0 amide bonds. The molecular formula is C21H19ClN6O3. The standard InChI is InChI=1S/C21H19ClN6O3/c1-12(14-5-9-16(29)10-6-14)25-26-20-23-18-17(19(30)24-21(31)27(18)2)28(20)11-13-3-7-15(22)8-4-13/h3-10,29H,11H2,1-2H3,(H,23,26)(H,24,30,31). The van der Waals surface area contributed by atoms with E-state index in [1.807, 2.05) is 12.1 Å². The highest BCUT2D eigenvalue weighted by atomic mass is 35.5. The number of hydrogen-bond donors (Lipinski definition) is 3. The zero-order valence-corrected chi connectivity index (χ0v) is 17.5. The van der Waals surface area contributed by atoms with Crippen molar-refractivity contribution in [3.05, 3.63) is 85.5 Å². The minimum absolute atomic E-state index is 0.161. The summed E-state index contributed by atoms with van der Waals surface area (Å²) >= 11 is 5.98. The van der Waals surface area contributed by atoms with Gasteiger partial charge in [0, 0.05) is 12.1 Å². The van der Waals surface area contributed by atoms with Crippen molar-refractivity contribution in [3.8, 4) is 5.75 Å². The smallest absolute Gasteiger partial charge is 0.329 e. The summed E-state index contributed by atoms with van der Waals surface area (Å²) in [6, 6.07) is 13.8. The SMILES string of the molecule is CC(=NNc1nc2c(c(=O)[nH]c(=O)n2C)n1Cc1ccc(Cl)cc1)c1ccc(O)cc1. The van der Waals surface area contributed by atoms with E-state index in [2.05, 4.69) is 20.5 Å². The zero-order valence-electron chi connectivity index (χ0n) is 16.8. The monoisotopic (exact) mass is 438 g/mol. The number of imidazole rings is 1. The Morgan fingerprint density at radius 1 is 1.16 bits per heavy atom. The first-order valence-corrected chi connectivity index (χ1v) is 9.75. The zero-order chi connectivity index (χ0) is 22.1. The number of hydrazone groups is 1. The van der Waals surface area contributed by atoms with Crippen LogP contribution in [0, 0.1) is 0 Å². The van der Waals surface area contributed by atoms with E-state index in [-0.39, 0.29) is 16.9 Å². The summed E-state index contributed by atoms with van der Waals surface area (Å²) in [5.41, 5.74) is 4.64. The van der Waals surface area contributed by atoms with Gasteiger partial charge in [-0.1, -0.05) is 23.7 Å². The Morgan fingerprint density at radius 2 is 1.84 bits per heavy atom. The van der Waals surface area contributed by atoms with E-state index in [1.54, 1.807) is 47.9 Å². The molecule has 2 aromatic carbocycles. The first-order chi connectivity index (χ1) is 14.8. The van der Waals surface area contributed by atoms with Crippen LogP contribution in [-0.4, -0.2) is 29.9 Å². The van der Waals surface area contributed by atoms with Crippen molar-refractivity contribution in [2.75, 3.05) is 5.43 Å². The molecule has 0 saturated carbocycles. The number of aryl methyl sites for hydroxylation is 1. The van der Waals surface area contributed by atoms with E-state index >= 15 is 0 Å². The lowest BCUT2D eigenvalue weighted by molar-refractivity contribution is 0.475. The largest absolute Gasteiger partial charge is 0.508 e. The number of phenolic OH excluding ortho intramolecular Hbond substituents is 1. The van der Waals surface area contributed by atoms with E-state index in [1.165, 1.54) is 11.6 Å². The maximum atomic E-state index is 12.6. The number of nitrogens with one attached hydrogen (secondary N) is 2. The predicted molar refractivity (Wildman–Crippen MR) is 120 cm³/mol. The molecular weight excluding hydrogens is 420 g/mol. The number of aromatic nitrogens is 4. The van der Waals surface area contributed by atoms with Gasteiger partial charge >= 0.3 is 5.69 Å². The molecule has 0 spiro atoms. The van der Waals surface area contributed by atoms with Crippen molar-refractivity contribution in [3.63, 3.8) is 0 Å². The van der Waals surface area contributed by atoms with Crippen LogP contribution in [0.5, 0.6) is 5.75 Å². The molecule has 4 rings (SSSR count). The number of nitrogens with zero attached hydrogens (tertiary/aromatic N) is 4. The summed E-state index contributed by atoms with van der Waals surface area (Å²) in [6.45, 7) is 2.11. The van der Waals surface area contributed by atoms with Crippen LogP contribution in [-0.2, 0) is 13.6 Å². The fourth-order valence-electron chi connectivity index (χ4n) is 3.15. The van der Waals surface area contributed by atoms with Crippen LogP contribution in [0.2, 0.25) is 5.02 Å². The second kappa shape index (κ2) is 8.11. The minimum Gasteiger partial charge on any atom is -0.508 e. The van der Waals surface area contributed by atoms with Crippen molar-refractivity contribution in [1.29, 1.82) is 0 Å². The van der Waals surface area contributed by atoms with Crippen LogP contribution in [0.3, 0.4) is 0 Å². The number of aromatic hydroxyl groups is 1. The second-order valence-corrected chi connectivity index (χ2v) is 7.43. The fraction of sp³-hybridized carbons (Fsp3) is 0.143. The summed E-state index contributed by atoms with van der Waals surface area (Å²) in [5.74, 6) is 0.462. The number of H-pyrrole nitrogens is 1. The number of aromatic amines is 1. The minimum atomic E-state index is -0.552. The molecule has 0 aliphatic carbocycles. The summed E-state index contributed by atoms with van der Waals surface area (Å²) in [4.78, 5) is 31.4. The maximum Gasteiger partial charge on any atom is 0.329 e. The van der Waals surface area contributed by atoms with Gasteiger partial charge in [-0.25, -0.2) is 10.2 Å². The average Bonchev–Trinajstić information content (AvgIpc) is 3.11. The normalized spacial score (nSPS) is 11.8. The van der Waals surface area contributed by atoms with Crippen LogP contribution < -0.4 is 16.7 Å². The van der Waals surface area contributed by atoms with E-state index in [9.17, 15) is 14.7 Å². The van der Waals surface area contributed by atoms with Crippen molar-refractivity contribution < 1.29 is 5.11 Å². The molecule has 9 nitrogen and oxygen atoms in total. The highest BCUT2D eigenvalue weighted by Gasteiger charge is 2.17. The Labute approximate surface area is 181 Å². The molecule has 0 aliphatic heterocycles. The van der Waals surface area contributed by atoms with Gasteiger partial charge < -0.3 is 5.11 Å². The van der Waals surface area contributed by atoms with Gasteiger partial charge in [0.25, 0.3) is 5.56 Å². The first-order valence-electron chi connectivity index (χ1n) is 9.37. The Morgan fingerprint density at radius 3 is 2.52 bits per heavy atom. The van der Waals surface area contributed by atoms with Crippen LogP contribution in [0.15, 0.2) is 63.2 Å². The van der Waals surface area contributed by atoms with Crippen molar-refractivity contribution in [1.82, 2.24) is 19.1 Å². The molecule has 0 saturated heterocycles. The summed E-state index contributed by atoms with van der Waals surface area (Å²) in [7, 11) is 1.54. The molecule has 0 aliphatic rings. The van der Waals surface area contributed by atoms with Gasteiger partial charge in [-0.05, 0) is 54.4 Å². The molecule has 3 N–H and O–H groups in total. The third-order valence-corrected chi connectivity index (χ3v) is 5.12. The molecule has 2 aromatic heterocycles. The molecule has 0 radical (unpaired) electrons. The van der Waals surface area contributed by atoms with Crippen LogP contribution in [0.4, 0.5) is 5.95 Å². The molecule has 0 atom stereocenters. The molecule has 158 valence electrons. The number of phenols is 1. The van der Waals surface area contributed by atoms with Gasteiger partial charge in [-0.15, -0.1) is 0 Å². The predicted octanol–water partition coefficient (Wildman–Crippen LogP) is 2.67. The van der Waals surface area contributed by atoms with Crippen LogP contribution in [0.1, 0.15) is 18.1 Å². The average molecular weight is 439 g/mol. The van der Waals surface area contributed by atoms with Crippen LogP contribution in [0.25, 0.3) is 11.2 Å². The number of halogens is 1. The number of hydrogen-bond acceptors (Lipinski definition) is 6. The lowest BCUT2D eigenvalue weighted by Crippen LogP contribution is -2.29. The topological polar surface area (TPSA) is 117 Å². The van der Waals surface area contributed by atoms with Crippen molar-refractivity contribution in [2.24, 2.45) is 12.1 Å². The van der Waals surface area contributed by atoms with Gasteiger partial charge in [-0.2, -0.15) is 10.1 Å². The van der Waals surface area contributed by atoms with Gasteiger partial charge in [0.15, 0.2) is 11.2 Å².